The highest BCUT2D eigenvalue weighted by atomic mass is 32.2. The van der Waals surface area contributed by atoms with E-state index in [1.54, 1.807) is 48.5 Å². The van der Waals surface area contributed by atoms with Gasteiger partial charge in [0.15, 0.2) is 0 Å². The van der Waals surface area contributed by atoms with Crippen molar-refractivity contribution >= 4 is 34.3 Å². The van der Waals surface area contributed by atoms with Crippen LogP contribution in [0.15, 0.2) is 68.7 Å². The topological polar surface area (TPSA) is 50.5 Å². The number of alkyl halides is 2. The number of benzene rings is 2. The minimum Gasteiger partial charge on any atom is -0.423 e. The van der Waals surface area contributed by atoms with Gasteiger partial charge in [-0.05, 0) is 30.7 Å². The monoisotopic (exact) mass is 401 g/mol. The molecule has 0 fully saturated rings. The number of carbonyl (C=O) groups excluding carboxylic acids is 1. The molecule has 0 aliphatic carbocycles. The molecule has 0 spiro atoms. The van der Waals surface area contributed by atoms with Crippen molar-refractivity contribution in [2.75, 3.05) is 11.9 Å². The first-order valence-electron chi connectivity index (χ1n) is 8.69. The largest absolute Gasteiger partial charge is 0.423 e. The Morgan fingerprint density at radius 3 is 2.54 bits per heavy atom. The second-order valence-electron chi connectivity index (χ2n) is 7.05. The second-order valence-corrected chi connectivity index (χ2v) is 8.33. The predicted molar refractivity (Wildman–Crippen MR) is 105 cm³/mol. The summed E-state index contributed by atoms with van der Waals surface area (Å²) in [7, 11) is 1.49. The van der Waals surface area contributed by atoms with Crippen LogP contribution in [-0.2, 0) is 10.2 Å². The van der Waals surface area contributed by atoms with Gasteiger partial charge in [0.1, 0.15) is 5.58 Å². The van der Waals surface area contributed by atoms with Crippen LogP contribution in [0.25, 0.3) is 11.0 Å². The number of hydrogen-bond acceptors (Lipinski definition) is 4. The molecule has 0 N–H and O–H groups in total. The maximum Gasteiger partial charge on any atom is 0.338 e. The summed E-state index contributed by atoms with van der Waals surface area (Å²) in [6, 6.07) is 14.5. The molecular formula is C21H17F2NO3S. The van der Waals surface area contributed by atoms with Crippen LogP contribution in [0.1, 0.15) is 18.9 Å². The molecule has 7 heteroatoms. The third kappa shape index (κ3) is 2.99. The number of anilines is 1. The van der Waals surface area contributed by atoms with Gasteiger partial charge in [0.05, 0.1) is 11.1 Å². The maximum atomic E-state index is 15.0. The zero-order chi connectivity index (χ0) is 20.1. The third-order valence-corrected chi connectivity index (χ3v) is 6.00. The van der Waals surface area contributed by atoms with Gasteiger partial charge < -0.3 is 9.32 Å². The van der Waals surface area contributed by atoms with Crippen molar-refractivity contribution < 1.29 is 18.0 Å². The SMILES string of the molecule is CN1C(=O)C(C)(CC(F)(F)Sc2ccccc2)c2cccc3oc(=O)cc1c23. The van der Waals surface area contributed by atoms with Crippen molar-refractivity contribution in [2.24, 2.45) is 0 Å². The molecule has 0 radical (unpaired) electrons. The standard InChI is InChI=1S/C21H17F2NO3S/c1-20(12-21(22,23)28-13-7-4-3-5-8-13)14-9-6-10-16-18(14)15(11-17(25)27-16)24(2)19(20)26/h3-11H,12H2,1-2H3. The number of nitrogens with zero attached hydrogens (tertiary/aromatic N) is 1. The summed E-state index contributed by atoms with van der Waals surface area (Å²) in [4.78, 5) is 26.7. The van der Waals surface area contributed by atoms with Crippen LogP contribution < -0.4 is 10.5 Å². The summed E-state index contributed by atoms with van der Waals surface area (Å²) in [6.07, 6.45) is -0.680. The number of rotatable bonds is 4. The Balaban J connectivity index is 1.83. The summed E-state index contributed by atoms with van der Waals surface area (Å²) >= 11 is 0.437. The van der Waals surface area contributed by atoms with E-state index in [1.165, 1.54) is 24.9 Å². The predicted octanol–water partition coefficient (Wildman–Crippen LogP) is 4.80. The highest BCUT2D eigenvalue weighted by Gasteiger charge is 2.50. The van der Waals surface area contributed by atoms with Crippen molar-refractivity contribution in [1.29, 1.82) is 0 Å². The van der Waals surface area contributed by atoms with Crippen molar-refractivity contribution in [2.45, 2.75) is 28.9 Å². The number of thioether (sulfide) groups is 1. The van der Waals surface area contributed by atoms with E-state index in [9.17, 15) is 18.4 Å². The molecule has 0 saturated carbocycles. The van der Waals surface area contributed by atoms with E-state index in [1.807, 2.05) is 0 Å². The van der Waals surface area contributed by atoms with Crippen LogP contribution in [0.2, 0.25) is 0 Å². The molecule has 0 bridgehead atoms. The normalized spacial score (nSPS) is 19.3. The zero-order valence-corrected chi connectivity index (χ0v) is 16.1. The Hall–Kier alpha value is -2.67. The molecule has 1 unspecified atom stereocenters. The van der Waals surface area contributed by atoms with E-state index >= 15 is 0 Å². The highest BCUT2D eigenvalue weighted by molar-refractivity contribution is 8.00. The first-order chi connectivity index (χ1) is 13.2. The number of amides is 1. The van der Waals surface area contributed by atoms with Crippen LogP contribution in [-0.4, -0.2) is 18.2 Å². The number of hydrogen-bond donors (Lipinski definition) is 0. The summed E-state index contributed by atoms with van der Waals surface area (Å²) in [5, 5.41) is -2.66. The molecule has 1 atom stereocenters. The quantitative estimate of drug-likeness (QED) is 0.465. The molecule has 1 amide bonds. The maximum absolute atomic E-state index is 15.0. The zero-order valence-electron chi connectivity index (χ0n) is 15.2. The number of carbonyl (C=O) groups is 1. The van der Waals surface area contributed by atoms with Crippen molar-refractivity contribution in [3.05, 3.63) is 70.6 Å². The molecule has 4 rings (SSSR count). The summed E-state index contributed by atoms with van der Waals surface area (Å²) in [5.74, 6) is -0.480. The summed E-state index contributed by atoms with van der Waals surface area (Å²) in [5.41, 5.74) is -0.951. The molecule has 2 heterocycles. The lowest BCUT2D eigenvalue weighted by molar-refractivity contribution is -0.125. The fraction of sp³-hybridized carbons (Fsp3) is 0.238. The summed E-state index contributed by atoms with van der Waals surface area (Å²) in [6.45, 7) is 1.52. The first-order valence-corrected chi connectivity index (χ1v) is 9.50. The van der Waals surface area contributed by atoms with Crippen LogP contribution in [0.4, 0.5) is 14.5 Å². The summed E-state index contributed by atoms with van der Waals surface area (Å²) < 4.78 is 35.2. The Morgan fingerprint density at radius 1 is 1.11 bits per heavy atom. The molecule has 144 valence electrons. The lowest BCUT2D eigenvalue weighted by Gasteiger charge is -2.40. The molecular weight excluding hydrogens is 384 g/mol. The molecule has 1 aliphatic rings. The van der Waals surface area contributed by atoms with Crippen LogP contribution in [0.5, 0.6) is 0 Å². The Labute approximate surface area is 164 Å². The second kappa shape index (κ2) is 6.44. The Bertz CT molecular complexity index is 1130. The molecule has 3 aromatic rings. The van der Waals surface area contributed by atoms with Gasteiger partial charge in [-0.1, -0.05) is 42.1 Å². The van der Waals surface area contributed by atoms with Gasteiger partial charge in [0.2, 0.25) is 5.91 Å². The van der Waals surface area contributed by atoms with E-state index in [-0.39, 0.29) is 5.58 Å². The number of halogens is 2. The highest BCUT2D eigenvalue weighted by Crippen LogP contribution is 2.50. The molecule has 2 aromatic carbocycles. The van der Waals surface area contributed by atoms with Crippen LogP contribution in [0.3, 0.4) is 0 Å². The van der Waals surface area contributed by atoms with Gasteiger partial charge in [0.25, 0.3) is 5.25 Å². The lowest BCUT2D eigenvalue weighted by Crippen LogP contribution is -2.49. The average Bonchev–Trinajstić information content (AvgIpc) is 2.64. The van der Waals surface area contributed by atoms with Gasteiger partial charge >= 0.3 is 5.63 Å². The number of likely N-dealkylation sites (N-methyl/N-ethyl adjacent to an activating group) is 1. The van der Waals surface area contributed by atoms with Gasteiger partial charge in [-0.2, -0.15) is 8.78 Å². The van der Waals surface area contributed by atoms with Crippen LogP contribution >= 0.6 is 11.8 Å². The molecule has 1 aromatic heterocycles. The van der Waals surface area contributed by atoms with Crippen molar-refractivity contribution in [3.8, 4) is 0 Å². The van der Waals surface area contributed by atoms with Gasteiger partial charge in [-0.15, -0.1) is 0 Å². The van der Waals surface area contributed by atoms with E-state index in [2.05, 4.69) is 0 Å². The van der Waals surface area contributed by atoms with E-state index in [0.717, 1.165) is 0 Å². The van der Waals surface area contributed by atoms with Crippen LogP contribution in [0, 0.1) is 0 Å². The minimum atomic E-state index is -3.18. The van der Waals surface area contributed by atoms with E-state index in [0.29, 0.717) is 33.3 Å². The Morgan fingerprint density at radius 2 is 1.82 bits per heavy atom. The van der Waals surface area contributed by atoms with E-state index in [4.69, 9.17) is 4.42 Å². The van der Waals surface area contributed by atoms with Gasteiger partial charge in [0, 0.05) is 29.8 Å². The molecule has 4 nitrogen and oxygen atoms in total. The fourth-order valence-electron chi connectivity index (χ4n) is 3.80. The fourth-order valence-corrected chi connectivity index (χ4v) is 4.80. The molecule has 1 aliphatic heterocycles. The van der Waals surface area contributed by atoms with E-state index < -0.39 is 28.6 Å². The Kier molecular flexibility index (Phi) is 4.30. The molecule has 0 saturated heterocycles. The average molecular weight is 401 g/mol. The molecule has 28 heavy (non-hydrogen) atoms. The van der Waals surface area contributed by atoms with Crippen molar-refractivity contribution in [3.63, 3.8) is 0 Å². The lowest BCUT2D eigenvalue weighted by atomic mass is 9.74. The van der Waals surface area contributed by atoms with Crippen molar-refractivity contribution in [1.82, 2.24) is 0 Å². The minimum absolute atomic E-state index is 0.282. The van der Waals surface area contributed by atoms with Gasteiger partial charge in [-0.3, -0.25) is 4.79 Å². The first kappa shape index (κ1) is 18.7. The third-order valence-electron chi connectivity index (χ3n) is 5.05. The van der Waals surface area contributed by atoms with Gasteiger partial charge in [-0.25, -0.2) is 4.79 Å². The smallest absolute Gasteiger partial charge is 0.338 e.